The number of hydrogen-bond acceptors (Lipinski definition) is 4. The zero-order chi connectivity index (χ0) is 17.0. The van der Waals surface area contributed by atoms with Crippen molar-refractivity contribution in [1.29, 1.82) is 0 Å². The molecule has 0 saturated carbocycles. The molecule has 1 N–H and O–H groups in total. The van der Waals surface area contributed by atoms with Crippen LogP contribution in [0.2, 0.25) is 0 Å². The van der Waals surface area contributed by atoms with Gasteiger partial charge in [0.2, 0.25) is 0 Å². The van der Waals surface area contributed by atoms with Crippen LogP contribution in [0.25, 0.3) is 12.2 Å². The molecule has 2 aromatic rings. The van der Waals surface area contributed by atoms with Crippen molar-refractivity contribution in [3.8, 4) is 5.75 Å². The van der Waals surface area contributed by atoms with Gasteiger partial charge in [0.1, 0.15) is 5.75 Å². The molecule has 0 saturated heterocycles. The summed E-state index contributed by atoms with van der Waals surface area (Å²) in [7, 11) is 0. The molecular weight excluding hydrogens is 310 g/mol. The van der Waals surface area contributed by atoms with Crippen LogP contribution in [0.1, 0.15) is 33.3 Å². The van der Waals surface area contributed by atoms with Crippen molar-refractivity contribution in [3.05, 3.63) is 49.4 Å². The van der Waals surface area contributed by atoms with Crippen LogP contribution in [-0.4, -0.2) is 17.4 Å². The summed E-state index contributed by atoms with van der Waals surface area (Å²) in [5.74, 6) is 0.789. The molecule has 0 fully saturated rings. The molecular formula is C18H21NO3S. The molecule has 5 heteroatoms. The Morgan fingerprint density at radius 1 is 1.26 bits per heavy atom. The number of carbonyl (C=O) groups excluding carboxylic acids is 1. The molecule has 0 aliphatic rings. The summed E-state index contributed by atoms with van der Waals surface area (Å²) in [5, 5.41) is 0. The lowest BCUT2D eigenvalue weighted by molar-refractivity contribution is -0.119. The Bertz CT molecular complexity index is 851. The van der Waals surface area contributed by atoms with Crippen LogP contribution < -0.4 is 19.5 Å². The quantitative estimate of drug-likeness (QED) is 0.933. The number of aromatic amines is 1. The summed E-state index contributed by atoms with van der Waals surface area (Å²) in [5.41, 5.74) is 0.270. The molecule has 1 aromatic carbocycles. The Kier molecular flexibility index (Phi) is 5.21. The second-order valence-electron chi connectivity index (χ2n) is 6.19. The smallest absolute Gasteiger partial charge is 0.266 e. The molecule has 0 amide bonds. The van der Waals surface area contributed by atoms with Crippen molar-refractivity contribution < 1.29 is 9.53 Å². The second kappa shape index (κ2) is 6.96. The number of H-pyrrole nitrogens is 1. The Balaban J connectivity index is 2.36. The highest BCUT2D eigenvalue weighted by molar-refractivity contribution is 7.07. The normalized spacial score (nSPS) is 13.4. The van der Waals surface area contributed by atoms with Gasteiger partial charge in [-0.2, -0.15) is 0 Å². The summed E-state index contributed by atoms with van der Waals surface area (Å²) >= 11 is 1.28. The maximum absolute atomic E-state index is 12.0. The predicted molar refractivity (Wildman–Crippen MR) is 94.3 cm³/mol. The number of benzene rings is 1. The third kappa shape index (κ3) is 4.66. The third-order valence-electron chi connectivity index (χ3n) is 3.17. The van der Waals surface area contributed by atoms with Gasteiger partial charge in [-0.3, -0.25) is 9.59 Å². The number of rotatable bonds is 4. The standard InChI is InChI=1S/C18H21NO3S/c1-5-22-13-8-6-12(7-9-13)10-14-17(21)19-16(23-14)11-15(20)18(2,3)4/h6-11H,5H2,1-4H3,(H,19,21)/b14-10+,16-11+. The fraction of sp³-hybridized carbons (Fsp3) is 0.333. The number of aromatic nitrogens is 1. The van der Waals surface area contributed by atoms with Crippen LogP contribution in [0.3, 0.4) is 0 Å². The van der Waals surface area contributed by atoms with Crippen LogP contribution in [0.4, 0.5) is 0 Å². The van der Waals surface area contributed by atoms with Gasteiger partial charge in [0, 0.05) is 11.5 Å². The van der Waals surface area contributed by atoms with E-state index in [1.807, 2.05) is 52.0 Å². The number of ether oxygens (including phenoxy) is 1. The summed E-state index contributed by atoms with van der Waals surface area (Å²) in [6.45, 7) is 8.11. The first-order valence-corrected chi connectivity index (χ1v) is 8.31. The molecule has 4 nitrogen and oxygen atoms in total. The first kappa shape index (κ1) is 17.2. The third-order valence-corrected chi connectivity index (χ3v) is 4.13. The molecule has 122 valence electrons. The van der Waals surface area contributed by atoms with E-state index >= 15 is 0 Å². The SMILES string of the molecule is CCOc1ccc(/C=c2/s/c(=C/C(=O)C(C)(C)C)[nH]c2=O)cc1. The van der Waals surface area contributed by atoms with Crippen molar-refractivity contribution in [2.45, 2.75) is 27.7 Å². The molecule has 0 atom stereocenters. The van der Waals surface area contributed by atoms with Gasteiger partial charge in [-0.15, -0.1) is 11.3 Å². The van der Waals surface area contributed by atoms with Gasteiger partial charge in [-0.25, -0.2) is 0 Å². The van der Waals surface area contributed by atoms with Gasteiger partial charge in [-0.05, 0) is 30.7 Å². The zero-order valence-electron chi connectivity index (χ0n) is 13.8. The van der Waals surface area contributed by atoms with E-state index in [2.05, 4.69) is 4.98 Å². The monoisotopic (exact) mass is 331 g/mol. The van der Waals surface area contributed by atoms with E-state index in [0.717, 1.165) is 11.3 Å². The average molecular weight is 331 g/mol. The lowest BCUT2D eigenvalue weighted by Crippen LogP contribution is -2.22. The lowest BCUT2D eigenvalue weighted by atomic mass is 9.91. The van der Waals surface area contributed by atoms with E-state index in [-0.39, 0.29) is 11.3 Å². The van der Waals surface area contributed by atoms with E-state index < -0.39 is 5.41 Å². The van der Waals surface area contributed by atoms with E-state index in [9.17, 15) is 9.59 Å². The summed E-state index contributed by atoms with van der Waals surface area (Å²) < 4.78 is 6.54. The predicted octanol–water partition coefficient (Wildman–Crippen LogP) is 2.06. The minimum atomic E-state index is -0.458. The molecule has 23 heavy (non-hydrogen) atoms. The number of nitrogens with one attached hydrogen (secondary N) is 1. The van der Waals surface area contributed by atoms with Crippen molar-refractivity contribution >= 4 is 29.3 Å². The number of Topliss-reactive ketones (excluding diaryl/α,β-unsaturated/α-hetero) is 1. The number of ketones is 1. The maximum atomic E-state index is 12.0. The summed E-state index contributed by atoms with van der Waals surface area (Å²) in [4.78, 5) is 26.8. The lowest BCUT2D eigenvalue weighted by Gasteiger charge is -2.12. The molecule has 0 bridgehead atoms. The number of hydrogen-bond donors (Lipinski definition) is 1. The minimum Gasteiger partial charge on any atom is -0.494 e. The minimum absolute atomic E-state index is 0.0115. The van der Waals surface area contributed by atoms with E-state index in [0.29, 0.717) is 15.8 Å². The molecule has 2 rings (SSSR count). The molecule has 1 aromatic heterocycles. The fourth-order valence-corrected chi connectivity index (χ4v) is 2.72. The van der Waals surface area contributed by atoms with Gasteiger partial charge in [-0.1, -0.05) is 32.9 Å². The van der Waals surface area contributed by atoms with E-state index in [1.54, 1.807) is 6.08 Å². The zero-order valence-corrected chi connectivity index (χ0v) is 14.6. The second-order valence-corrected chi connectivity index (χ2v) is 7.27. The first-order chi connectivity index (χ1) is 10.8. The van der Waals surface area contributed by atoms with Crippen LogP contribution in [0.15, 0.2) is 29.1 Å². The fourth-order valence-electron chi connectivity index (χ4n) is 1.84. The topological polar surface area (TPSA) is 59.2 Å². The van der Waals surface area contributed by atoms with Gasteiger partial charge < -0.3 is 9.72 Å². The average Bonchev–Trinajstić information content (AvgIpc) is 2.80. The number of carbonyl (C=O) groups is 1. The van der Waals surface area contributed by atoms with Crippen LogP contribution in [0, 0.1) is 5.41 Å². The van der Waals surface area contributed by atoms with Crippen molar-refractivity contribution in [1.82, 2.24) is 4.98 Å². The maximum Gasteiger partial charge on any atom is 0.266 e. The largest absolute Gasteiger partial charge is 0.494 e. The van der Waals surface area contributed by atoms with E-state index in [4.69, 9.17) is 4.74 Å². The van der Waals surface area contributed by atoms with Crippen LogP contribution >= 0.6 is 11.3 Å². The molecule has 0 aliphatic heterocycles. The highest BCUT2D eigenvalue weighted by Crippen LogP contribution is 2.15. The molecule has 0 aliphatic carbocycles. The Hall–Kier alpha value is -2.14. The summed E-state index contributed by atoms with van der Waals surface area (Å²) in [6.07, 6.45) is 3.31. The van der Waals surface area contributed by atoms with Gasteiger partial charge in [0.15, 0.2) is 5.78 Å². The Morgan fingerprint density at radius 3 is 2.48 bits per heavy atom. The first-order valence-electron chi connectivity index (χ1n) is 7.49. The Labute approximate surface area is 139 Å². The molecule has 0 unspecified atom stereocenters. The highest BCUT2D eigenvalue weighted by Gasteiger charge is 2.18. The molecule has 1 heterocycles. The molecule has 0 spiro atoms. The highest BCUT2D eigenvalue weighted by atomic mass is 32.1. The molecule has 0 radical (unpaired) electrons. The van der Waals surface area contributed by atoms with Crippen molar-refractivity contribution in [2.24, 2.45) is 5.41 Å². The Morgan fingerprint density at radius 2 is 1.91 bits per heavy atom. The van der Waals surface area contributed by atoms with Crippen molar-refractivity contribution in [2.75, 3.05) is 6.61 Å². The van der Waals surface area contributed by atoms with Gasteiger partial charge in [0.05, 0.1) is 15.8 Å². The van der Waals surface area contributed by atoms with E-state index in [1.165, 1.54) is 17.4 Å². The van der Waals surface area contributed by atoms with Gasteiger partial charge >= 0.3 is 0 Å². The van der Waals surface area contributed by atoms with Crippen molar-refractivity contribution in [3.63, 3.8) is 0 Å². The van der Waals surface area contributed by atoms with Crippen LogP contribution in [0.5, 0.6) is 5.75 Å². The summed E-state index contributed by atoms with van der Waals surface area (Å²) in [6, 6.07) is 7.53. The van der Waals surface area contributed by atoms with Crippen LogP contribution in [-0.2, 0) is 4.79 Å². The van der Waals surface area contributed by atoms with Gasteiger partial charge in [0.25, 0.3) is 5.56 Å². The number of thiazole rings is 1.